The molecule has 0 amide bonds. The van der Waals surface area contributed by atoms with Crippen molar-refractivity contribution in [1.82, 2.24) is 0 Å². The summed E-state index contributed by atoms with van der Waals surface area (Å²) in [5.74, 6) is 0.605. The first kappa shape index (κ1) is 19.5. The lowest BCUT2D eigenvalue weighted by Gasteiger charge is -2.30. The third-order valence-electron chi connectivity index (χ3n) is 5.73. The standard InChI is InChI=1S/C22H30F2O2/c1-2-3-16-14-25-22(26-15-16)20-10-6-18(7-11-20)17-4-8-19(9-5-17)21(24)12-13-23/h6-7,10-12,16-17,19,22H,2-5,8-9,13-15H2,1H3/b21-12-. The molecule has 1 aromatic rings. The van der Waals surface area contributed by atoms with Gasteiger partial charge in [-0.3, -0.25) is 0 Å². The Morgan fingerprint density at radius 2 is 1.65 bits per heavy atom. The minimum atomic E-state index is -0.711. The summed E-state index contributed by atoms with van der Waals surface area (Å²) in [6.07, 6.45) is 6.62. The molecule has 1 aliphatic carbocycles. The Balaban J connectivity index is 1.52. The van der Waals surface area contributed by atoms with Gasteiger partial charge in [0.2, 0.25) is 0 Å². The first-order valence-corrected chi connectivity index (χ1v) is 9.95. The molecule has 0 atom stereocenters. The van der Waals surface area contributed by atoms with Gasteiger partial charge in [0.15, 0.2) is 6.29 Å². The van der Waals surface area contributed by atoms with E-state index in [1.165, 1.54) is 5.56 Å². The van der Waals surface area contributed by atoms with Crippen LogP contribution in [0.1, 0.15) is 68.8 Å². The first-order chi connectivity index (χ1) is 12.7. The second-order valence-electron chi connectivity index (χ2n) is 7.61. The summed E-state index contributed by atoms with van der Waals surface area (Å²) in [4.78, 5) is 0. The van der Waals surface area contributed by atoms with Crippen LogP contribution < -0.4 is 0 Å². The van der Waals surface area contributed by atoms with Crippen molar-refractivity contribution in [2.45, 2.75) is 57.7 Å². The molecule has 0 bridgehead atoms. The van der Waals surface area contributed by atoms with Crippen LogP contribution in [0.15, 0.2) is 36.2 Å². The smallest absolute Gasteiger partial charge is 0.183 e. The molecule has 26 heavy (non-hydrogen) atoms. The van der Waals surface area contributed by atoms with E-state index in [0.717, 1.165) is 63.4 Å². The molecule has 1 aliphatic heterocycles. The van der Waals surface area contributed by atoms with Gasteiger partial charge in [-0.15, -0.1) is 0 Å². The number of benzene rings is 1. The van der Waals surface area contributed by atoms with Crippen LogP contribution in [-0.4, -0.2) is 19.9 Å². The van der Waals surface area contributed by atoms with Gasteiger partial charge in [0.05, 0.1) is 13.2 Å². The highest BCUT2D eigenvalue weighted by molar-refractivity contribution is 5.27. The highest BCUT2D eigenvalue weighted by Gasteiger charge is 2.26. The maximum Gasteiger partial charge on any atom is 0.183 e. The fourth-order valence-electron chi connectivity index (χ4n) is 4.18. The molecule has 1 heterocycles. The summed E-state index contributed by atoms with van der Waals surface area (Å²) >= 11 is 0. The Morgan fingerprint density at radius 1 is 1.04 bits per heavy atom. The predicted octanol–water partition coefficient (Wildman–Crippen LogP) is 6.25. The van der Waals surface area contributed by atoms with E-state index in [0.29, 0.717) is 11.8 Å². The van der Waals surface area contributed by atoms with E-state index in [9.17, 15) is 8.78 Å². The molecule has 2 nitrogen and oxygen atoms in total. The lowest BCUT2D eigenvalue weighted by atomic mass is 9.78. The third kappa shape index (κ3) is 4.92. The van der Waals surface area contributed by atoms with Crippen molar-refractivity contribution in [3.63, 3.8) is 0 Å². The molecule has 2 aliphatic rings. The van der Waals surface area contributed by atoms with E-state index in [-0.39, 0.29) is 18.0 Å². The number of ether oxygens (including phenoxy) is 2. The normalized spacial score (nSPS) is 30.3. The average Bonchev–Trinajstić information content (AvgIpc) is 2.69. The number of hydrogen-bond acceptors (Lipinski definition) is 2. The topological polar surface area (TPSA) is 18.5 Å². The van der Waals surface area contributed by atoms with Crippen LogP contribution in [0, 0.1) is 11.8 Å². The zero-order chi connectivity index (χ0) is 18.4. The molecular weight excluding hydrogens is 334 g/mol. The summed E-state index contributed by atoms with van der Waals surface area (Å²) in [6.45, 7) is 3.01. The van der Waals surface area contributed by atoms with Crippen LogP contribution in [0.2, 0.25) is 0 Å². The summed E-state index contributed by atoms with van der Waals surface area (Å²) < 4.78 is 37.8. The van der Waals surface area contributed by atoms with Crippen molar-refractivity contribution in [3.8, 4) is 0 Å². The van der Waals surface area contributed by atoms with Gasteiger partial charge in [-0.1, -0.05) is 37.6 Å². The van der Waals surface area contributed by atoms with Crippen LogP contribution in [-0.2, 0) is 9.47 Å². The largest absolute Gasteiger partial charge is 0.348 e. The van der Waals surface area contributed by atoms with Crippen molar-refractivity contribution in [2.24, 2.45) is 11.8 Å². The number of alkyl halides is 1. The molecule has 2 fully saturated rings. The molecule has 0 unspecified atom stereocenters. The molecule has 1 saturated carbocycles. The molecule has 0 N–H and O–H groups in total. The van der Waals surface area contributed by atoms with E-state index in [1.807, 2.05) is 0 Å². The quantitative estimate of drug-likeness (QED) is 0.594. The van der Waals surface area contributed by atoms with Gasteiger partial charge in [-0.25, -0.2) is 8.78 Å². The fourth-order valence-corrected chi connectivity index (χ4v) is 4.18. The molecule has 0 spiro atoms. The Hall–Kier alpha value is -1.26. The van der Waals surface area contributed by atoms with Gasteiger partial charge in [0, 0.05) is 17.4 Å². The van der Waals surface area contributed by atoms with Crippen molar-refractivity contribution in [3.05, 3.63) is 47.3 Å². The van der Waals surface area contributed by atoms with Gasteiger partial charge in [-0.05, 0) is 49.7 Å². The van der Waals surface area contributed by atoms with Gasteiger partial charge in [0.1, 0.15) is 12.5 Å². The molecule has 144 valence electrons. The molecule has 3 rings (SSSR count). The summed E-state index contributed by atoms with van der Waals surface area (Å²) in [5.41, 5.74) is 2.36. The summed E-state index contributed by atoms with van der Waals surface area (Å²) in [6, 6.07) is 8.49. The summed E-state index contributed by atoms with van der Waals surface area (Å²) in [7, 11) is 0. The Labute approximate surface area is 155 Å². The zero-order valence-corrected chi connectivity index (χ0v) is 15.6. The van der Waals surface area contributed by atoms with Crippen LogP contribution >= 0.6 is 0 Å². The van der Waals surface area contributed by atoms with E-state index in [2.05, 4.69) is 31.2 Å². The highest BCUT2D eigenvalue weighted by atomic mass is 19.1. The van der Waals surface area contributed by atoms with Crippen molar-refractivity contribution >= 4 is 0 Å². The second-order valence-corrected chi connectivity index (χ2v) is 7.61. The number of allylic oxidation sites excluding steroid dienone is 2. The second kappa shape index (κ2) is 9.61. The Kier molecular flexibility index (Phi) is 7.21. The molecule has 1 aromatic carbocycles. The number of rotatable bonds is 6. The Morgan fingerprint density at radius 3 is 2.23 bits per heavy atom. The molecule has 0 radical (unpaired) electrons. The van der Waals surface area contributed by atoms with Gasteiger partial charge in [-0.2, -0.15) is 0 Å². The lowest BCUT2D eigenvalue weighted by molar-refractivity contribution is -0.206. The average molecular weight is 364 g/mol. The van der Waals surface area contributed by atoms with Gasteiger partial charge < -0.3 is 9.47 Å². The van der Waals surface area contributed by atoms with Crippen molar-refractivity contribution in [1.29, 1.82) is 0 Å². The third-order valence-corrected chi connectivity index (χ3v) is 5.73. The lowest BCUT2D eigenvalue weighted by Crippen LogP contribution is -2.27. The minimum absolute atomic E-state index is 0.0959. The first-order valence-electron chi connectivity index (χ1n) is 9.95. The molecule has 4 heteroatoms. The van der Waals surface area contributed by atoms with Crippen molar-refractivity contribution in [2.75, 3.05) is 19.9 Å². The summed E-state index contributed by atoms with van der Waals surface area (Å²) in [5, 5.41) is 0. The van der Waals surface area contributed by atoms with Crippen LogP contribution in [0.4, 0.5) is 8.78 Å². The van der Waals surface area contributed by atoms with E-state index in [1.54, 1.807) is 0 Å². The SMILES string of the molecule is CCCC1COC(c2ccc(C3CCC(/C(F)=C/CF)CC3)cc2)OC1. The fraction of sp³-hybridized carbons (Fsp3) is 0.636. The van der Waals surface area contributed by atoms with Crippen molar-refractivity contribution < 1.29 is 18.3 Å². The minimum Gasteiger partial charge on any atom is -0.348 e. The zero-order valence-electron chi connectivity index (χ0n) is 15.6. The van der Waals surface area contributed by atoms with E-state index in [4.69, 9.17) is 9.47 Å². The Bertz CT molecular complexity index is 568. The maximum atomic E-state index is 13.7. The van der Waals surface area contributed by atoms with E-state index < -0.39 is 6.67 Å². The predicted molar refractivity (Wildman–Crippen MR) is 99.4 cm³/mol. The molecule has 0 aromatic heterocycles. The van der Waals surface area contributed by atoms with Crippen LogP contribution in [0.5, 0.6) is 0 Å². The number of halogens is 2. The van der Waals surface area contributed by atoms with Gasteiger partial charge >= 0.3 is 0 Å². The van der Waals surface area contributed by atoms with Crippen LogP contribution in [0.3, 0.4) is 0 Å². The molecule has 1 saturated heterocycles. The molecular formula is C22H30F2O2. The van der Waals surface area contributed by atoms with E-state index >= 15 is 0 Å². The van der Waals surface area contributed by atoms with Crippen LogP contribution in [0.25, 0.3) is 0 Å². The highest BCUT2D eigenvalue weighted by Crippen LogP contribution is 2.39. The maximum absolute atomic E-state index is 13.7. The monoisotopic (exact) mass is 364 g/mol. The number of hydrogen-bond donors (Lipinski definition) is 0. The van der Waals surface area contributed by atoms with Gasteiger partial charge in [0.25, 0.3) is 0 Å².